The highest BCUT2D eigenvalue weighted by Gasteiger charge is 2.23. The van der Waals surface area contributed by atoms with E-state index < -0.39 is 5.82 Å². The van der Waals surface area contributed by atoms with Crippen LogP contribution in [0.1, 0.15) is 24.3 Å². The summed E-state index contributed by atoms with van der Waals surface area (Å²) in [7, 11) is 0. The highest BCUT2D eigenvalue weighted by Crippen LogP contribution is 2.41. The molecule has 2 aromatic rings. The van der Waals surface area contributed by atoms with Crippen LogP contribution >= 0.6 is 23.8 Å². The fourth-order valence-electron chi connectivity index (χ4n) is 2.25. The number of halogens is 2. The quantitative estimate of drug-likeness (QED) is 0.519. The highest BCUT2D eigenvalue weighted by molar-refractivity contribution is 7.78. The van der Waals surface area contributed by atoms with E-state index >= 15 is 0 Å². The molecule has 100 valence electrons. The molecular weight excluding hydrogens is 293 g/mol. The number of hydrogen-bond acceptors (Lipinski definition) is 2. The Kier molecular flexibility index (Phi) is 3.66. The Morgan fingerprint density at radius 3 is 2.40 bits per heavy atom. The Morgan fingerprint density at radius 1 is 1.15 bits per heavy atom. The molecule has 1 fully saturated rings. The maximum Gasteiger partial charge on any atom is 0.151 e. The van der Waals surface area contributed by atoms with E-state index in [1.807, 2.05) is 12.1 Å². The van der Waals surface area contributed by atoms with Crippen molar-refractivity contribution in [1.82, 2.24) is 0 Å². The maximum absolute atomic E-state index is 13.9. The van der Waals surface area contributed by atoms with Gasteiger partial charge in [-0.05, 0) is 59.8 Å². The number of rotatable bonds is 3. The molecule has 1 saturated carbocycles. The number of benzene rings is 2. The Hall–Kier alpha value is -1.54. The van der Waals surface area contributed by atoms with Crippen LogP contribution in [0.25, 0.3) is 11.1 Å². The topological polar surface area (TPSA) is 12.4 Å². The molecule has 0 aromatic heterocycles. The van der Waals surface area contributed by atoms with Gasteiger partial charge in [0.25, 0.3) is 0 Å². The van der Waals surface area contributed by atoms with E-state index in [9.17, 15) is 4.39 Å². The molecule has 0 N–H and O–H groups in total. The van der Waals surface area contributed by atoms with Crippen molar-refractivity contribution in [2.24, 2.45) is 4.99 Å². The fraction of sp³-hybridized carbons (Fsp3) is 0.188. The predicted octanol–water partition coefficient (Wildman–Crippen LogP) is 5.76. The van der Waals surface area contributed by atoms with Crippen molar-refractivity contribution in [3.8, 4) is 11.1 Å². The lowest BCUT2D eigenvalue weighted by Crippen LogP contribution is -1.85. The molecule has 0 atom stereocenters. The molecule has 4 heteroatoms. The van der Waals surface area contributed by atoms with Gasteiger partial charge < -0.3 is 0 Å². The molecule has 1 aliphatic rings. The summed E-state index contributed by atoms with van der Waals surface area (Å²) in [5.74, 6) is 0.222. The summed E-state index contributed by atoms with van der Waals surface area (Å²) in [4.78, 5) is 3.64. The predicted molar refractivity (Wildman–Crippen MR) is 83.5 cm³/mol. The van der Waals surface area contributed by atoms with Crippen LogP contribution in [0.2, 0.25) is 5.02 Å². The first-order valence-corrected chi connectivity index (χ1v) is 7.15. The van der Waals surface area contributed by atoms with Crippen LogP contribution in [0.15, 0.2) is 41.4 Å². The SMILES string of the molecule is Fc1cc(-c2ccc(C3CC3)cc2)cc(Cl)c1N=C=S. The normalized spacial score (nSPS) is 13.9. The van der Waals surface area contributed by atoms with Crippen LogP contribution in [0.5, 0.6) is 0 Å². The van der Waals surface area contributed by atoms with Gasteiger partial charge in [-0.15, -0.1) is 0 Å². The summed E-state index contributed by atoms with van der Waals surface area (Å²) in [6.07, 6.45) is 2.54. The van der Waals surface area contributed by atoms with Gasteiger partial charge in [0, 0.05) is 0 Å². The molecule has 0 unspecified atom stereocenters. The van der Waals surface area contributed by atoms with Gasteiger partial charge in [0.2, 0.25) is 0 Å². The third kappa shape index (κ3) is 2.66. The fourth-order valence-corrected chi connectivity index (χ4v) is 2.59. The van der Waals surface area contributed by atoms with Crippen molar-refractivity contribution in [3.05, 3.63) is 52.8 Å². The minimum atomic E-state index is -0.490. The van der Waals surface area contributed by atoms with Crippen molar-refractivity contribution in [2.45, 2.75) is 18.8 Å². The van der Waals surface area contributed by atoms with Crippen molar-refractivity contribution < 1.29 is 4.39 Å². The second-order valence-corrected chi connectivity index (χ2v) is 5.48. The van der Waals surface area contributed by atoms with E-state index in [2.05, 4.69) is 34.5 Å². The van der Waals surface area contributed by atoms with Crippen LogP contribution in [-0.4, -0.2) is 5.16 Å². The van der Waals surface area contributed by atoms with Crippen LogP contribution < -0.4 is 0 Å². The van der Waals surface area contributed by atoms with Gasteiger partial charge in [0.1, 0.15) is 5.69 Å². The monoisotopic (exact) mass is 303 g/mol. The molecule has 0 saturated heterocycles. The molecule has 2 aromatic carbocycles. The first-order valence-electron chi connectivity index (χ1n) is 6.36. The minimum absolute atomic E-state index is 0.0417. The second-order valence-electron chi connectivity index (χ2n) is 4.89. The summed E-state index contributed by atoms with van der Waals surface area (Å²) >= 11 is 10.5. The molecular formula is C16H11ClFNS. The van der Waals surface area contributed by atoms with E-state index in [1.165, 1.54) is 24.5 Å². The standard InChI is InChI=1S/C16H11ClFNS/c17-14-7-13(8-15(18)16(14)19-9-20)12-5-3-11(4-6-12)10-1-2-10/h3-8,10H,1-2H2. The molecule has 0 spiro atoms. The Labute approximate surface area is 127 Å². The molecule has 0 amide bonds. The summed E-state index contributed by atoms with van der Waals surface area (Å²) in [5.41, 5.74) is 3.06. The molecule has 20 heavy (non-hydrogen) atoms. The van der Waals surface area contributed by atoms with E-state index in [4.69, 9.17) is 11.6 Å². The third-order valence-electron chi connectivity index (χ3n) is 3.47. The molecule has 0 radical (unpaired) electrons. The van der Waals surface area contributed by atoms with Gasteiger partial charge in [-0.3, -0.25) is 0 Å². The van der Waals surface area contributed by atoms with E-state index in [0.29, 0.717) is 5.92 Å². The largest absolute Gasteiger partial charge is 0.205 e. The van der Waals surface area contributed by atoms with Crippen molar-refractivity contribution in [2.75, 3.05) is 0 Å². The first kappa shape index (κ1) is 13.4. The van der Waals surface area contributed by atoms with Gasteiger partial charge in [-0.2, -0.15) is 4.99 Å². The number of thiocarbonyl (C=S) groups is 1. The van der Waals surface area contributed by atoms with Gasteiger partial charge in [0.15, 0.2) is 5.82 Å². The Bertz CT molecular complexity index is 678. The molecule has 1 aliphatic carbocycles. The Balaban J connectivity index is 1.99. The van der Waals surface area contributed by atoms with Gasteiger partial charge in [0.05, 0.1) is 10.2 Å². The van der Waals surface area contributed by atoms with Gasteiger partial charge in [-0.25, -0.2) is 4.39 Å². The average Bonchev–Trinajstić information content (AvgIpc) is 3.27. The van der Waals surface area contributed by atoms with E-state index in [0.717, 1.165) is 11.1 Å². The Morgan fingerprint density at radius 2 is 1.85 bits per heavy atom. The zero-order chi connectivity index (χ0) is 14.1. The van der Waals surface area contributed by atoms with E-state index in [1.54, 1.807) is 6.07 Å². The first-order chi connectivity index (χ1) is 9.69. The van der Waals surface area contributed by atoms with Gasteiger partial charge in [-0.1, -0.05) is 35.9 Å². The third-order valence-corrected chi connectivity index (χ3v) is 3.85. The highest BCUT2D eigenvalue weighted by atomic mass is 35.5. The maximum atomic E-state index is 13.9. The molecule has 0 heterocycles. The van der Waals surface area contributed by atoms with Crippen LogP contribution in [0.4, 0.5) is 10.1 Å². The number of hydrogen-bond donors (Lipinski definition) is 0. The summed E-state index contributed by atoms with van der Waals surface area (Å²) < 4.78 is 13.9. The van der Waals surface area contributed by atoms with Crippen molar-refractivity contribution >= 4 is 34.7 Å². The summed E-state index contributed by atoms with van der Waals surface area (Å²) in [6, 6.07) is 11.3. The zero-order valence-electron chi connectivity index (χ0n) is 10.6. The van der Waals surface area contributed by atoms with Crippen LogP contribution in [0.3, 0.4) is 0 Å². The molecule has 0 bridgehead atoms. The number of isothiocyanates is 1. The number of aliphatic imine (C=N–C) groups is 1. The smallest absolute Gasteiger partial charge is 0.151 e. The molecule has 0 aliphatic heterocycles. The van der Waals surface area contributed by atoms with Gasteiger partial charge >= 0.3 is 0 Å². The van der Waals surface area contributed by atoms with E-state index in [-0.39, 0.29) is 10.7 Å². The van der Waals surface area contributed by atoms with Crippen molar-refractivity contribution in [1.29, 1.82) is 0 Å². The van der Waals surface area contributed by atoms with Crippen LogP contribution in [0, 0.1) is 5.82 Å². The summed E-state index contributed by atoms with van der Waals surface area (Å²) in [5, 5.41) is 2.38. The van der Waals surface area contributed by atoms with Crippen molar-refractivity contribution in [3.63, 3.8) is 0 Å². The summed E-state index contributed by atoms with van der Waals surface area (Å²) in [6.45, 7) is 0. The zero-order valence-corrected chi connectivity index (χ0v) is 12.1. The number of nitrogens with zero attached hydrogens (tertiary/aromatic N) is 1. The molecule has 3 rings (SSSR count). The van der Waals surface area contributed by atoms with Crippen LogP contribution in [-0.2, 0) is 0 Å². The average molecular weight is 304 g/mol. The lowest BCUT2D eigenvalue weighted by molar-refractivity contribution is 0.630. The lowest BCUT2D eigenvalue weighted by atomic mass is 10.0. The lowest BCUT2D eigenvalue weighted by Gasteiger charge is -2.06. The molecule has 1 nitrogen and oxygen atoms in total. The minimum Gasteiger partial charge on any atom is -0.205 e. The second kappa shape index (κ2) is 5.45.